The first-order chi connectivity index (χ1) is 18.3. The summed E-state index contributed by atoms with van der Waals surface area (Å²) in [5, 5.41) is 9.12. The highest BCUT2D eigenvalue weighted by molar-refractivity contribution is 7.99. The van der Waals surface area contributed by atoms with Gasteiger partial charge in [0.1, 0.15) is 0 Å². The van der Waals surface area contributed by atoms with Gasteiger partial charge in [-0.3, -0.25) is 0 Å². The number of sulfonamides is 1. The maximum absolute atomic E-state index is 12.1. The van der Waals surface area contributed by atoms with E-state index in [0.717, 1.165) is 35.7 Å². The first-order valence-electron chi connectivity index (χ1n) is 12.3. The first kappa shape index (κ1) is 27.4. The van der Waals surface area contributed by atoms with Crippen molar-refractivity contribution in [1.29, 1.82) is 0 Å². The zero-order valence-corrected chi connectivity index (χ0v) is 22.9. The molecule has 1 unspecified atom stereocenters. The number of thioether (sulfide) groups is 1. The Balaban J connectivity index is 1.53. The van der Waals surface area contributed by atoms with Crippen molar-refractivity contribution in [2.45, 2.75) is 22.6 Å². The second-order valence-electron chi connectivity index (χ2n) is 9.04. The molecule has 0 spiro atoms. The van der Waals surface area contributed by atoms with Crippen molar-refractivity contribution in [3.8, 4) is 11.1 Å². The molecule has 0 aromatic heterocycles. The van der Waals surface area contributed by atoms with Crippen molar-refractivity contribution in [3.63, 3.8) is 0 Å². The fourth-order valence-electron chi connectivity index (χ4n) is 4.38. The number of benzene rings is 4. The van der Waals surface area contributed by atoms with Crippen LogP contribution in [0.15, 0.2) is 118 Å². The van der Waals surface area contributed by atoms with E-state index in [1.54, 1.807) is 18.3 Å². The Hall–Kier alpha value is -3.59. The van der Waals surface area contributed by atoms with Gasteiger partial charge in [-0.25, -0.2) is 13.6 Å². The van der Waals surface area contributed by atoms with E-state index in [4.69, 9.17) is 11.0 Å². The highest BCUT2D eigenvalue weighted by atomic mass is 32.2. The maximum atomic E-state index is 12.1. The van der Waals surface area contributed by atoms with Crippen molar-refractivity contribution in [1.82, 2.24) is 0 Å². The predicted molar refractivity (Wildman–Crippen MR) is 159 cm³/mol. The minimum Gasteiger partial charge on any atom is -0.370 e. The van der Waals surface area contributed by atoms with Gasteiger partial charge in [0.15, 0.2) is 0 Å². The van der Waals surface area contributed by atoms with Crippen LogP contribution in [-0.2, 0) is 10.0 Å². The van der Waals surface area contributed by atoms with Crippen LogP contribution in [0.25, 0.3) is 11.1 Å². The van der Waals surface area contributed by atoms with Crippen molar-refractivity contribution in [2.75, 3.05) is 23.7 Å². The second-order valence-corrected chi connectivity index (χ2v) is 11.7. The Labute approximate surface area is 229 Å². The molecule has 4 aromatic rings. The van der Waals surface area contributed by atoms with Crippen molar-refractivity contribution in [2.24, 2.45) is 16.1 Å². The van der Waals surface area contributed by atoms with Gasteiger partial charge in [0.25, 0.3) is 0 Å². The monoisotopic (exact) mass is 544 g/mol. The van der Waals surface area contributed by atoms with Crippen LogP contribution in [-0.4, -0.2) is 33.5 Å². The zero-order chi connectivity index (χ0) is 27.0. The molecule has 4 rings (SSSR count). The largest absolute Gasteiger partial charge is 0.370 e. The summed E-state index contributed by atoms with van der Waals surface area (Å²) in [6.07, 6.45) is 1.65. The highest BCUT2D eigenvalue weighted by Gasteiger charge is 2.17. The van der Waals surface area contributed by atoms with Crippen LogP contribution in [0.3, 0.4) is 0 Å². The van der Waals surface area contributed by atoms with E-state index in [1.807, 2.05) is 48.2 Å². The molecule has 196 valence electrons. The number of nitrogens with zero attached hydrogens (tertiary/aromatic N) is 2. The van der Waals surface area contributed by atoms with Crippen LogP contribution in [0, 0.1) is 0 Å². The summed E-state index contributed by atoms with van der Waals surface area (Å²) in [7, 11) is -3.82. The molecule has 0 radical (unpaired) electrons. The lowest BCUT2D eigenvalue weighted by molar-refractivity contribution is 0.598. The average Bonchev–Trinajstić information content (AvgIpc) is 2.93. The lowest BCUT2D eigenvalue weighted by atomic mass is 9.97. The minimum absolute atomic E-state index is 0.129. The molecule has 0 fully saturated rings. The lowest BCUT2D eigenvalue weighted by Gasteiger charge is -2.28. The van der Waals surface area contributed by atoms with Crippen LogP contribution < -0.4 is 15.9 Å². The maximum Gasteiger partial charge on any atom is 0.238 e. The van der Waals surface area contributed by atoms with Crippen LogP contribution >= 0.6 is 11.8 Å². The van der Waals surface area contributed by atoms with Crippen LogP contribution in [0.2, 0.25) is 0 Å². The number of hydrogen-bond acceptors (Lipinski definition) is 6. The van der Waals surface area contributed by atoms with Crippen LogP contribution in [0.5, 0.6) is 0 Å². The normalized spacial score (nSPS) is 12.5. The summed E-state index contributed by atoms with van der Waals surface area (Å²) in [6, 6.07) is 33.5. The Morgan fingerprint density at radius 1 is 0.921 bits per heavy atom. The predicted octanol–water partition coefficient (Wildman–Crippen LogP) is 5.70. The zero-order valence-electron chi connectivity index (χ0n) is 21.3. The van der Waals surface area contributed by atoms with Gasteiger partial charge in [0.05, 0.1) is 11.1 Å². The first-order valence-corrected chi connectivity index (χ1v) is 14.9. The van der Waals surface area contributed by atoms with Crippen molar-refractivity contribution >= 4 is 33.7 Å². The molecule has 0 aliphatic carbocycles. The molecule has 6 nitrogen and oxygen atoms in total. The Bertz CT molecular complexity index is 1470. The topological polar surface area (TPSA) is 102 Å². The fraction of sp³-hybridized carbons (Fsp3) is 0.167. The van der Waals surface area contributed by atoms with E-state index in [0.29, 0.717) is 5.56 Å². The molecular formula is C30H32N4O2S2. The Kier molecular flexibility index (Phi) is 9.23. The summed E-state index contributed by atoms with van der Waals surface area (Å²) >= 11 is 1.84. The van der Waals surface area contributed by atoms with Gasteiger partial charge in [-0.15, -0.1) is 11.8 Å². The van der Waals surface area contributed by atoms with E-state index in [2.05, 4.69) is 65.5 Å². The van der Waals surface area contributed by atoms with Gasteiger partial charge in [0.2, 0.25) is 10.0 Å². The van der Waals surface area contributed by atoms with Gasteiger partial charge in [-0.1, -0.05) is 79.7 Å². The van der Waals surface area contributed by atoms with Gasteiger partial charge in [-0.05, 0) is 52.9 Å². The third kappa shape index (κ3) is 7.25. The van der Waals surface area contributed by atoms with E-state index in [9.17, 15) is 8.42 Å². The minimum atomic E-state index is -3.82. The molecule has 0 aliphatic heterocycles. The van der Waals surface area contributed by atoms with E-state index in [1.165, 1.54) is 16.5 Å². The number of hydrogen-bond donors (Lipinski definition) is 2. The molecule has 0 heterocycles. The van der Waals surface area contributed by atoms with E-state index < -0.39 is 10.0 Å². The molecule has 0 saturated carbocycles. The quantitative estimate of drug-likeness (QED) is 0.109. The molecule has 1 atom stereocenters. The Morgan fingerprint density at radius 3 is 2.34 bits per heavy atom. The van der Waals surface area contributed by atoms with Gasteiger partial charge >= 0.3 is 0 Å². The van der Waals surface area contributed by atoms with E-state index in [-0.39, 0.29) is 10.8 Å². The standard InChI is InChI=1S/C30H32N4O2S2/c1-23(25-14-16-26(17-15-25)29-12-5-6-13-30(29)38(32,35)36)22-34(18-19-37-28-10-3-2-4-11-28)27-9-7-8-24(20-27)21-33-31/h2-17,20-21,23H,18-19,22,31H2,1H3,(H2,32,35,36). The number of hydrazone groups is 1. The number of primary sulfonamides is 1. The van der Waals surface area contributed by atoms with Crippen molar-refractivity contribution < 1.29 is 8.42 Å². The summed E-state index contributed by atoms with van der Waals surface area (Å²) in [4.78, 5) is 3.77. The number of rotatable bonds is 11. The molecule has 0 aliphatic rings. The number of anilines is 1. The third-order valence-electron chi connectivity index (χ3n) is 6.31. The third-order valence-corrected chi connectivity index (χ3v) is 8.27. The molecule has 0 bridgehead atoms. The summed E-state index contributed by atoms with van der Waals surface area (Å²) in [5.74, 6) is 6.56. The molecule has 0 amide bonds. The van der Waals surface area contributed by atoms with Gasteiger partial charge in [0, 0.05) is 35.0 Å². The summed E-state index contributed by atoms with van der Waals surface area (Å²) < 4.78 is 24.1. The average molecular weight is 545 g/mol. The molecule has 4 N–H and O–H groups in total. The van der Waals surface area contributed by atoms with Crippen molar-refractivity contribution in [3.05, 3.63) is 114 Å². The van der Waals surface area contributed by atoms with E-state index >= 15 is 0 Å². The molecule has 0 saturated heterocycles. The van der Waals surface area contributed by atoms with Gasteiger partial charge < -0.3 is 10.7 Å². The smallest absolute Gasteiger partial charge is 0.238 e. The molecule has 8 heteroatoms. The number of nitrogens with two attached hydrogens (primary N) is 2. The summed E-state index contributed by atoms with van der Waals surface area (Å²) in [5.41, 5.74) is 4.66. The van der Waals surface area contributed by atoms with Gasteiger partial charge in [-0.2, -0.15) is 5.10 Å². The second kappa shape index (κ2) is 12.8. The van der Waals surface area contributed by atoms with Crippen LogP contribution in [0.1, 0.15) is 24.0 Å². The lowest BCUT2D eigenvalue weighted by Crippen LogP contribution is -2.30. The SMILES string of the molecule is CC(CN(CCSc1ccccc1)c1cccc(C=NN)c1)c1ccc(-c2ccccc2S(N)(=O)=O)cc1. The van der Waals surface area contributed by atoms with Crippen LogP contribution in [0.4, 0.5) is 5.69 Å². The molecular weight excluding hydrogens is 512 g/mol. The Morgan fingerprint density at radius 2 is 1.63 bits per heavy atom. The summed E-state index contributed by atoms with van der Waals surface area (Å²) in [6.45, 7) is 3.88. The molecule has 38 heavy (non-hydrogen) atoms. The highest BCUT2D eigenvalue weighted by Crippen LogP contribution is 2.29. The fourth-order valence-corrected chi connectivity index (χ4v) is 6.04. The molecule has 4 aromatic carbocycles.